The number of rotatable bonds is 5. The quantitative estimate of drug-likeness (QED) is 0.658. The third-order valence-electron chi connectivity index (χ3n) is 5.17. The minimum absolute atomic E-state index is 0.104. The normalized spacial score (nSPS) is 18.3. The van der Waals surface area contributed by atoms with Gasteiger partial charge in [0.15, 0.2) is 0 Å². The van der Waals surface area contributed by atoms with Crippen molar-refractivity contribution in [2.24, 2.45) is 0 Å². The largest absolute Gasteiger partial charge is 0.459 e. The molecule has 0 spiro atoms. The van der Waals surface area contributed by atoms with Crippen LogP contribution in [0.1, 0.15) is 35.0 Å². The van der Waals surface area contributed by atoms with E-state index in [1.54, 1.807) is 19.1 Å². The van der Waals surface area contributed by atoms with Gasteiger partial charge in [-0.15, -0.1) is 0 Å². The molecule has 30 heavy (non-hydrogen) atoms. The average Bonchev–Trinajstić information content (AvgIpc) is 3.24. The lowest BCUT2D eigenvalue weighted by atomic mass is 10.0. The lowest BCUT2D eigenvalue weighted by Gasteiger charge is -2.16. The van der Waals surface area contributed by atoms with Crippen molar-refractivity contribution in [3.05, 3.63) is 92.8 Å². The number of esters is 1. The van der Waals surface area contributed by atoms with E-state index in [0.29, 0.717) is 24.0 Å². The van der Waals surface area contributed by atoms with Gasteiger partial charge in [0, 0.05) is 11.8 Å². The third kappa shape index (κ3) is 4.26. The predicted octanol–water partition coefficient (Wildman–Crippen LogP) is 3.05. The minimum atomic E-state index is -0.508. The Kier molecular flexibility index (Phi) is 5.63. The number of aromatic amines is 1. The summed E-state index contributed by atoms with van der Waals surface area (Å²) < 4.78 is 12.6. The van der Waals surface area contributed by atoms with E-state index in [1.165, 1.54) is 10.8 Å². The zero-order chi connectivity index (χ0) is 21.1. The fraction of sp³-hybridized carbons (Fsp3) is 0.261. The van der Waals surface area contributed by atoms with Crippen molar-refractivity contribution in [2.45, 2.75) is 32.1 Å². The molecular weight excluding hydrogens is 384 g/mol. The second kappa shape index (κ2) is 8.51. The predicted molar refractivity (Wildman–Crippen MR) is 111 cm³/mol. The Morgan fingerprint density at radius 2 is 1.77 bits per heavy atom. The first-order valence-corrected chi connectivity index (χ1v) is 9.81. The van der Waals surface area contributed by atoms with Gasteiger partial charge < -0.3 is 9.47 Å². The summed E-state index contributed by atoms with van der Waals surface area (Å²) in [5.74, 6) is -0.418. The molecular formula is C23H22N2O5. The van der Waals surface area contributed by atoms with Crippen molar-refractivity contribution < 1.29 is 14.3 Å². The Balaban J connectivity index is 1.34. The van der Waals surface area contributed by atoms with E-state index < -0.39 is 23.4 Å². The second-order valence-electron chi connectivity index (χ2n) is 7.31. The van der Waals surface area contributed by atoms with E-state index in [-0.39, 0.29) is 12.7 Å². The number of aryl methyl sites for hydroxylation is 1. The van der Waals surface area contributed by atoms with Gasteiger partial charge in [0.2, 0.25) is 0 Å². The topological polar surface area (TPSA) is 90.4 Å². The van der Waals surface area contributed by atoms with Crippen LogP contribution in [0.2, 0.25) is 0 Å². The molecule has 2 aromatic carbocycles. The van der Waals surface area contributed by atoms with Crippen LogP contribution in [0.5, 0.6) is 0 Å². The van der Waals surface area contributed by atoms with E-state index in [0.717, 1.165) is 11.1 Å². The van der Waals surface area contributed by atoms with Gasteiger partial charge in [0.1, 0.15) is 12.8 Å². The number of H-pyrrole nitrogens is 1. The van der Waals surface area contributed by atoms with Crippen LogP contribution in [0.3, 0.4) is 0 Å². The lowest BCUT2D eigenvalue weighted by Crippen LogP contribution is -2.33. The number of nitrogens with zero attached hydrogens (tertiary/aromatic N) is 1. The highest BCUT2D eigenvalue weighted by molar-refractivity contribution is 5.90. The van der Waals surface area contributed by atoms with E-state index in [9.17, 15) is 14.4 Å². The molecule has 3 aromatic rings. The first kappa shape index (κ1) is 19.8. The molecule has 1 aliphatic rings. The van der Waals surface area contributed by atoms with Gasteiger partial charge >= 0.3 is 11.7 Å². The maximum absolute atomic E-state index is 12.4. The summed E-state index contributed by atoms with van der Waals surface area (Å²) in [6.07, 6.45) is 1.95. The van der Waals surface area contributed by atoms with Crippen LogP contribution in [0.25, 0.3) is 11.1 Å². The van der Waals surface area contributed by atoms with Crippen LogP contribution in [0, 0.1) is 6.92 Å². The molecule has 0 radical (unpaired) electrons. The molecule has 1 aliphatic heterocycles. The Morgan fingerprint density at radius 1 is 1.07 bits per heavy atom. The third-order valence-corrected chi connectivity index (χ3v) is 5.17. The van der Waals surface area contributed by atoms with Gasteiger partial charge in [-0.25, -0.2) is 9.59 Å². The van der Waals surface area contributed by atoms with Gasteiger partial charge in [0.25, 0.3) is 5.56 Å². The summed E-state index contributed by atoms with van der Waals surface area (Å²) in [6.45, 7) is 1.74. The Bertz CT molecular complexity index is 1150. The van der Waals surface area contributed by atoms with Gasteiger partial charge in [0.05, 0.1) is 11.7 Å². The number of hydrogen-bond donors (Lipinski definition) is 1. The molecule has 1 N–H and O–H groups in total. The molecule has 2 unspecified atom stereocenters. The molecule has 4 rings (SSSR count). The van der Waals surface area contributed by atoms with Gasteiger partial charge in [-0.05, 0) is 43.0 Å². The monoisotopic (exact) mass is 406 g/mol. The number of ether oxygens (including phenoxy) is 2. The summed E-state index contributed by atoms with van der Waals surface area (Å²) in [7, 11) is 0. The van der Waals surface area contributed by atoms with Crippen LogP contribution in [0.4, 0.5) is 0 Å². The molecule has 1 saturated heterocycles. The summed E-state index contributed by atoms with van der Waals surface area (Å²) >= 11 is 0. The Hall–Kier alpha value is -3.45. The van der Waals surface area contributed by atoms with Crippen LogP contribution in [-0.2, 0) is 9.47 Å². The van der Waals surface area contributed by atoms with Crippen molar-refractivity contribution in [2.75, 3.05) is 6.61 Å². The van der Waals surface area contributed by atoms with Gasteiger partial charge in [-0.2, -0.15) is 0 Å². The Morgan fingerprint density at radius 3 is 2.50 bits per heavy atom. The smallest absolute Gasteiger partial charge is 0.338 e. The minimum Gasteiger partial charge on any atom is -0.459 e. The van der Waals surface area contributed by atoms with Gasteiger partial charge in [-0.1, -0.05) is 42.5 Å². The van der Waals surface area contributed by atoms with Crippen LogP contribution in [-0.4, -0.2) is 28.2 Å². The van der Waals surface area contributed by atoms with E-state index in [4.69, 9.17) is 9.47 Å². The maximum Gasteiger partial charge on any atom is 0.338 e. The van der Waals surface area contributed by atoms with E-state index in [1.807, 2.05) is 42.5 Å². The van der Waals surface area contributed by atoms with Crippen molar-refractivity contribution in [1.29, 1.82) is 0 Å². The highest BCUT2D eigenvalue weighted by Gasteiger charge is 2.28. The van der Waals surface area contributed by atoms with Crippen molar-refractivity contribution in [1.82, 2.24) is 9.55 Å². The SMILES string of the molecule is Cc1cn(C2CCC(COC(=O)c3ccc(-c4ccccc4)cc3)O2)c(=O)[nH]c1=O. The molecule has 0 amide bonds. The number of aromatic nitrogens is 2. The fourth-order valence-electron chi connectivity index (χ4n) is 3.50. The summed E-state index contributed by atoms with van der Waals surface area (Å²) in [6, 6.07) is 17.2. The zero-order valence-electron chi connectivity index (χ0n) is 16.5. The zero-order valence-corrected chi connectivity index (χ0v) is 16.5. The average molecular weight is 406 g/mol. The standard InChI is InChI=1S/C23H22N2O5/c1-15-13-25(23(28)24-21(15)26)20-12-11-19(30-20)14-29-22(27)18-9-7-17(8-10-18)16-5-3-2-4-6-16/h2-10,13,19-20H,11-12,14H2,1H3,(H,24,26,28). The number of carbonyl (C=O) groups excluding carboxylic acids is 1. The van der Waals surface area contributed by atoms with Crippen LogP contribution < -0.4 is 11.2 Å². The molecule has 1 fully saturated rings. The lowest BCUT2D eigenvalue weighted by molar-refractivity contribution is -0.0340. The first-order valence-electron chi connectivity index (χ1n) is 9.81. The van der Waals surface area contributed by atoms with E-state index in [2.05, 4.69) is 4.98 Å². The molecule has 0 saturated carbocycles. The molecule has 0 bridgehead atoms. The molecule has 1 aromatic heterocycles. The number of nitrogens with one attached hydrogen (secondary N) is 1. The van der Waals surface area contributed by atoms with Crippen LogP contribution >= 0.6 is 0 Å². The van der Waals surface area contributed by atoms with E-state index >= 15 is 0 Å². The van der Waals surface area contributed by atoms with Gasteiger partial charge in [-0.3, -0.25) is 14.3 Å². The summed E-state index contributed by atoms with van der Waals surface area (Å²) in [5.41, 5.74) is 2.10. The molecule has 0 aliphatic carbocycles. The highest BCUT2D eigenvalue weighted by atomic mass is 16.6. The van der Waals surface area contributed by atoms with Crippen molar-refractivity contribution in [3.63, 3.8) is 0 Å². The summed E-state index contributed by atoms with van der Waals surface area (Å²) in [5, 5.41) is 0. The number of hydrogen-bond acceptors (Lipinski definition) is 5. The molecule has 154 valence electrons. The molecule has 7 nitrogen and oxygen atoms in total. The molecule has 2 heterocycles. The van der Waals surface area contributed by atoms with Crippen molar-refractivity contribution in [3.8, 4) is 11.1 Å². The Labute approximate surface area is 172 Å². The fourth-order valence-corrected chi connectivity index (χ4v) is 3.50. The highest BCUT2D eigenvalue weighted by Crippen LogP contribution is 2.27. The van der Waals surface area contributed by atoms with Crippen LogP contribution in [0.15, 0.2) is 70.4 Å². The maximum atomic E-state index is 12.4. The first-order chi connectivity index (χ1) is 14.5. The summed E-state index contributed by atoms with van der Waals surface area (Å²) in [4.78, 5) is 38.2. The molecule has 7 heteroatoms. The second-order valence-corrected chi connectivity index (χ2v) is 7.31. The molecule has 2 atom stereocenters. The number of carbonyl (C=O) groups is 1. The van der Waals surface area contributed by atoms with Crippen molar-refractivity contribution >= 4 is 5.97 Å². The number of benzene rings is 2.